The summed E-state index contributed by atoms with van der Waals surface area (Å²) in [6, 6.07) is 7.24. The Labute approximate surface area is 112 Å². The summed E-state index contributed by atoms with van der Waals surface area (Å²) in [5.41, 5.74) is 7.16. The van der Waals surface area contributed by atoms with Crippen LogP contribution in [0.15, 0.2) is 36.7 Å². The number of aromatic amines is 1. The Bertz CT molecular complexity index is 623. The molecule has 4 N–H and O–H groups in total. The second-order valence-electron chi connectivity index (χ2n) is 4.14. The Balaban J connectivity index is 2.00. The molecule has 7 heteroatoms. The van der Waals surface area contributed by atoms with Gasteiger partial charge in [0.05, 0.1) is 12.3 Å². The normalized spacial score (nSPS) is 11.6. The number of H-pyrrole nitrogens is 1. The minimum atomic E-state index is -3.39. The van der Waals surface area contributed by atoms with Crippen molar-refractivity contribution >= 4 is 10.0 Å². The zero-order chi connectivity index (χ0) is 13.7. The molecule has 0 spiro atoms. The van der Waals surface area contributed by atoms with Crippen LogP contribution in [0.1, 0.15) is 17.0 Å². The van der Waals surface area contributed by atoms with Crippen molar-refractivity contribution in [1.82, 2.24) is 14.7 Å². The molecule has 102 valence electrons. The van der Waals surface area contributed by atoms with E-state index in [0.717, 1.165) is 11.1 Å². The lowest BCUT2D eigenvalue weighted by Gasteiger charge is -2.06. The number of nitrogens with two attached hydrogens (primary N) is 1. The molecular formula is C12H16N4O2S. The van der Waals surface area contributed by atoms with Crippen LogP contribution in [-0.2, 0) is 28.9 Å². The predicted molar refractivity (Wildman–Crippen MR) is 72.4 cm³/mol. The highest BCUT2D eigenvalue weighted by Gasteiger charge is 2.12. The van der Waals surface area contributed by atoms with E-state index in [4.69, 9.17) is 5.73 Å². The van der Waals surface area contributed by atoms with Crippen LogP contribution in [0.3, 0.4) is 0 Å². The van der Waals surface area contributed by atoms with Crippen molar-refractivity contribution in [2.75, 3.05) is 0 Å². The molecule has 2 aromatic rings. The predicted octanol–water partition coefficient (Wildman–Crippen LogP) is 0.488. The number of aromatic nitrogens is 2. The molecule has 0 atom stereocenters. The summed E-state index contributed by atoms with van der Waals surface area (Å²) >= 11 is 0. The standard InChI is InChI=1S/C12H16N4O2S/c13-7-10-2-1-3-11(6-10)9-19(17,18)16-8-12-14-4-5-15-12/h1-6,16H,7-9,13H2,(H,14,15). The SMILES string of the molecule is NCc1cccc(CS(=O)(=O)NCc2ncc[nH]2)c1. The summed E-state index contributed by atoms with van der Waals surface area (Å²) in [5.74, 6) is 0.515. The van der Waals surface area contributed by atoms with Gasteiger partial charge in [-0.25, -0.2) is 18.1 Å². The molecule has 0 amide bonds. The van der Waals surface area contributed by atoms with E-state index in [2.05, 4.69) is 14.7 Å². The van der Waals surface area contributed by atoms with E-state index in [1.165, 1.54) is 0 Å². The van der Waals surface area contributed by atoms with Crippen LogP contribution >= 0.6 is 0 Å². The average Bonchev–Trinajstić information content (AvgIpc) is 2.89. The molecule has 1 aromatic carbocycles. The van der Waals surface area contributed by atoms with Crippen molar-refractivity contribution in [3.05, 3.63) is 53.6 Å². The van der Waals surface area contributed by atoms with E-state index >= 15 is 0 Å². The third kappa shape index (κ3) is 4.16. The van der Waals surface area contributed by atoms with Gasteiger partial charge >= 0.3 is 0 Å². The summed E-state index contributed by atoms with van der Waals surface area (Å²) in [6.45, 7) is 0.555. The third-order valence-corrected chi connectivity index (χ3v) is 3.90. The van der Waals surface area contributed by atoms with E-state index < -0.39 is 10.0 Å². The number of hydrogen-bond donors (Lipinski definition) is 3. The smallest absolute Gasteiger partial charge is 0.216 e. The van der Waals surface area contributed by atoms with Gasteiger partial charge in [0.25, 0.3) is 0 Å². The minimum Gasteiger partial charge on any atom is -0.347 e. The van der Waals surface area contributed by atoms with Gasteiger partial charge in [-0.15, -0.1) is 0 Å². The van der Waals surface area contributed by atoms with E-state index in [0.29, 0.717) is 12.4 Å². The van der Waals surface area contributed by atoms with Crippen LogP contribution in [0, 0.1) is 0 Å². The van der Waals surface area contributed by atoms with Gasteiger partial charge in [-0.05, 0) is 11.1 Å². The van der Waals surface area contributed by atoms with Crippen molar-refractivity contribution in [2.45, 2.75) is 18.8 Å². The lowest BCUT2D eigenvalue weighted by molar-refractivity contribution is 0.578. The number of imidazole rings is 1. The molecule has 0 bridgehead atoms. The van der Waals surface area contributed by atoms with Crippen molar-refractivity contribution in [2.24, 2.45) is 5.73 Å². The molecule has 0 aliphatic heterocycles. The van der Waals surface area contributed by atoms with Crippen LogP contribution in [-0.4, -0.2) is 18.4 Å². The van der Waals surface area contributed by atoms with Crippen molar-refractivity contribution < 1.29 is 8.42 Å². The summed E-state index contributed by atoms with van der Waals surface area (Å²) in [7, 11) is -3.39. The van der Waals surface area contributed by atoms with Gasteiger partial charge in [0.1, 0.15) is 5.82 Å². The quantitative estimate of drug-likeness (QED) is 0.716. The summed E-state index contributed by atoms with van der Waals surface area (Å²) in [4.78, 5) is 6.79. The number of hydrogen-bond acceptors (Lipinski definition) is 4. The Kier molecular flexibility index (Phi) is 4.31. The average molecular weight is 280 g/mol. The van der Waals surface area contributed by atoms with Crippen LogP contribution in [0.4, 0.5) is 0 Å². The lowest BCUT2D eigenvalue weighted by Crippen LogP contribution is -2.25. The molecule has 0 aliphatic rings. The maximum atomic E-state index is 11.9. The second kappa shape index (κ2) is 5.96. The lowest BCUT2D eigenvalue weighted by atomic mass is 10.1. The molecule has 6 nitrogen and oxygen atoms in total. The molecule has 1 heterocycles. The topological polar surface area (TPSA) is 101 Å². The Hall–Kier alpha value is -1.70. The highest BCUT2D eigenvalue weighted by atomic mass is 32.2. The van der Waals surface area contributed by atoms with Gasteiger partial charge in [-0.1, -0.05) is 24.3 Å². The molecule has 0 fully saturated rings. The molecular weight excluding hydrogens is 264 g/mol. The number of rotatable bonds is 6. The maximum Gasteiger partial charge on any atom is 0.216 e. The van der Waals surface area contributed by atoms with Gasteiger partial charge in [0.2, 0.25) is 10.0 Å². The monoisotopic (exact) mass is 280 g/mol. The molecule has 0 saturated heterocycles. The van der Waals surface area contributed by atoms with E-state index in [9.17, 15) is 8.42 Å². The van der Waals surface area contributed by atoms with Gasteiger partial charge < -0.3 is 10.7 Å². The summed E-state index contributed by atoms with van der Waals surface area (Å²) in [6.07, 6.45) is 3.22. The molecule has 2 rings (SSSR count). The van der Waals surface area contributed by atoms with Gasteiger partial charge in [-0.3, -0.25) is 0 Å². The fourth-order valence-electron chi connectivity index (χ4n) is 1.69. The first kappa shape index (κ1) is 13.7. The first-order valence-electron chi connectivity index (χ1n) is 5.82. The Morgan fingerprint density at radius 3 is 2.79 bits per heavy atom. The molecule has 0 unspecified atom stereocenters. The third-order valence-electron chi connectivity index (χ3n) is 2.60. The molecule has 0 radical (unpaired) electrons. The minimum absolute atomic E-state index is 0.0679. The maximum absolute atomic E-state index is 11.9. The number of nitrogens with one attached hydrogen (secondary N) is 2. The molecule has 0 saturated carbocycles. The number of benzene rings is 1. The zero-order valence-corrected chi connectivity index (χ0v) is 11.2. The van der Waals surface area contributed by atoms with Crippen LogP contribution in [0.25, 0.3) is 0 Å². The van der Waals surface area contributed by atoms with Crippen molar-refractivity contribution in [3.63, 3.8) is 0 Å². The Morgan fingerprint density at radius 2 is 2.11 bits per heavy atom. The van der Waals surface area contributed by atoms with Gasteiger partial charge in [0.15, 0.2) is 0 Å². The van der Waals surface area contributed by atoms with Crippen molar-refractivity contribution in [3.8, 4) is 0 Å². The first-order valence-corrected chi connectivity index (χ1v) is 7.48. The number of sulfonamides is 1. The van der Waals surface area contributed by atoms with Crippen molar-refractivity contribution in [1.29, 1.82) is 0 Å². The zero-order valence-electron chi connectivity index (χ0n) is 10.3. The Morgan fingerprint density at radius 1 is 1.32 bits per heavy atom. The van der Waals surface area contributed by atoms with E-state index in [-0.39, 0.29) is 12.3 Å². The molecule has 0 aliphatic carbocycles. The molecule has 1 aromatic heterocycles. The van der Waals surface area contributed by atoms with Gasteiger partial charge in [0, 0.05) is 18.9 Å². The van der Waals surface area contributed by atoms with Crippen LogP contribution < -0.4 is 10.5 Å². The highest BCUT2D eigenvalue weighted by Crippen LogP contribution is 2.08. The van der Waals surface area contributed by atoms with Gasteiger partial charge in [-0.2, -0.15) is 0 Å². The van der Waals surface area contributed by atoms with Crippen LogP contribution in [0.5, 0.6) is 0 Å². The number of nitrogens with zero attached hydrogens (tertiary/aromatic N) is 1. The van der Waals surface area contributed by atoms with E-state index in [1.807, 2.05) is 6.07 Å². The first-order chi connectivity index (χ1) is 9.09. The fraction of sp³-hybridized carbons (Fsp3) is 0.250. The second-order valence-corrected chi connectivity index (χ2v) is 5.95. The largest absolute Gasteiger partial charge is 0.347 e. The van der Waals surface area contributed by atoms with E-state index in [1.54, 1.807) is 30.6 Å². The summed E-state index contributed by atoms with van der Waals surface area (Å²) < 4.78 is 26.3. The fourth-order valence-corrected chi connectivity index (χ4v) is 2.77. The van der Waals surface area contributed by atoms with Crippen LogP contribution in [0.2, 0.25) is 0 Å². The molecule has 19 heavy (non-hydrogen) atoms. The highest BCUT2D eigenvalue weighted by molar-refractivity contribution is 7.88. The summed E-state index contributed by atoms with van der Waals surface area (Å²) in [5, 5.41) is 0.